The van der Waals surface area contributed by atoms with Gasteiger partial charge in [-0.3, -0.25) is 14.5 Å². The van der Waals surface area contributed by atoms with E-state index >= 15 is 0 Å². The van der Waals surface area contributed by atoms with Gasteiger partial charge < -0.3 is 10.2 Å². The van der Waals surface area contributed by atoms with Crippen molar-refractivity contribution in [1.82, 2.24) is 15.3 Å². The van der Waals surface area contributed by atoms with E-state index in [9.17, 15) is 22.8 Å². The minimum absolute atomic E-state index is 0.00453. The van der Waals surface area contributed by atoms with Gasteiger partial charge in [0.05, 0.1) is 22.9 Å². The van der Waals surface area contributed by atoms with Crippen LogP contribution in [0.15, 0.2) is 60.9 Å². The summed E-state index contributed by atoms with van der Waals surface area (Å²) in [6, 6.07) is 13.0. The molecule has 188 valence electrons. The van der Waals surface area contributed by atoms with E-state index in [1.165, 1.54) is 24.5 Å². The molecule has 1 aliphatic rings. The van der Waals surface area contributed by atoms with Crippen molar-refractivity contribution in [1.29, 1.82) is 5.26 Å². The van der Waals surface area contributed by atoms with Crippen molar-refractivity contribution in [2.75, 3.05) is 9.80 Å². The molecule has 37 heavy (non-hydrogen) atoms. The van der Waals surface area contributed by atoms with E-state index in [4.69, 9.17) is 17.5 Å². The molecule has 2 amide bonds. The van der Waals surface area contributed by atoms with Crippen LogP contribution >= 0.6 is 12.2 Å². The number of halogens is 3. The number of nitriles is 1. The standard InChI is InChI=1S/C25H19F3N6O2S/c1-24(2)22(36)33(18-9-6-16(13-29)19(12-18)25(26,27)28)23(37)34(24)17-7-4-15(5-8-17)14-32-21(35)20-30-10-3-11-31-20/h3-12H,14H2,1-2H3,(H,32,35). The monoisotopic (exact) mass is 524 g/mol. The molecule has 1 aromatic heterocycles. The molecule has 1 saturated heterocycles. The number of benzene rings is 2. The Morgan fingerprint density at radius 2 is 1.73 bits per heavy atom. The molecule has 1 fully saturated rings. The van der Waals surface area contributed by atoms with E-state index in [0.717, 1.165) is 22.6 Å². The molecule has 2 aromatic carbocycles. The molecule has 0 radical (unpaired) electrons. The van der Waals surface area contributed by atoms with E-state index in [1.807, 2.05) is 0 Å². The second kappa shape index (κ2) is 9.59. The number of alkyl halides is 3. The first-order valence-electron chi connectivity index (χ1n) is 10.9. The van der Waals surface area contributed by atoms with Gasteiger partial charge in [0.15, 0.2) is 5.11 Å². The smallest absolute Gasteiger partial charge is 0.345 e. The molecular weight excluding hydrogens is 505 g/mol. The molecular formula is C25H19F3N6O2S. The third-order valence-corrected chi connectivity index (χ3v) is 6.14. The van der Waals surface area contributed by atoms with Crippen LogP contribution in [0.2, 0.25) is 0 Å². The van der Waals surface area contributed by atoms with Gasteiger partial charge in [0.1, 0.15) is 5.54 Å². The number of anilines is 2. The second-order valence-corrected chi connectivity index (χ2v) is 8.94. The lowest BCUT2D eigenvalue weighted by Crippen LogP contribution is -2.44. The van der Waals surface area contributed by atoms with Gasteiger partial charge in [-0.25, -0.2) is 9.97 Å². The Balaban J connectivity index is 1.57. The van der Waals surface area contributed by atoms with Crippen molar-refractivity contribution in [3.63, 3.8) is 0 Å². The average molecular weight is 525 g/mol. The lowest BCUT2D eigenvalue weighted by atomic mass is 10.0. The SMILES string of the molecule is CC1(C)C(=O)N(c2ccc(C#N)c(C(F)(F)F)c2)C(=S)N1c1ccc(CNC(=O)c2ncccn2)cc1. The van der Waals surface area contributed by atoms with Gasteiger partial charge in [0.25, 0.3) is 11.8 Å². The van der Waals surface area contributed by atoms with Gasteiger partial charge in [0.2, 0.25) is 5.82 Å². The van der Waals surface area contributed by atoms with Crippen LogP contribution in [-0.4, -0.2) is 32.4 Å². The second-order valence-electron chi connectivity index (χ2n) is 8.58. The fourth-order valence-electron chi connectivity index (χ4n) is 3.90. The summed E-state index contributed by atoms with van der Waals surface area (Å²) >= 11 is 5.54. The number of carbonyl (C=O) groups is 2. The first kappa shape index (κ1) is 25.7. The van der Waals surface area contributed by atoms with Crippen LogP contribution in [-0.2, 0) is 17.5 Å². The van der Waals surface area contributed by atoms with E-state index in [1.54, 1.807) is 49.1 Å². The molecule has 0 atom stereocenters. The number of hydrogen-bond acceptors (Lipinski definition) is 6. The topological polar surface area (TPSA) is 102 Å². The van der Waals surface area contributed by atoms with Crippen LogP contribution in [0, 0.1) is 11.3 Å². The Morgan fingerprint density at radius 3 is 2.32 bits per heavy atom. The largest absolute Gasteiger partial charge is 0.417 e. The van der Waals surface area contributed by atoms with Crippen LogP contribution in [0.3, 0.4) is 0 Å². The summed E-state index contributed by atoms with van der Waals surface area (Å²) in [6.45, 7) is 3.43. The summed E-state index contributed by atoms with van der Waals surface area (Å²) in [5, 5.41) is 11.8. The summed E-state index contributed by atoms with van der Waals surface area (Å²) in [6.07, 6.45) is -1.86. The van der Waals surface area contributed by atoms with Crippen LogP contribution in [0.5, 0.6) is 0 Å². The Morgan fingerprint density at radius 1 is 1.11 bits per heavy atom. The fourth-order valence-corrected chi connectivity index (χ4v) is 4.42. The summed E-state index contributed by atoms with van der Waals surface area (Å²) in [7, 11) is 0. The third kappa shape index (κ3) is 4.85. The van der Waals surface area contributed by atoms with Gasteiger partial charge in [-0.1, -0.05) is 12.1 Å². The zero-order valence-electron chi connectivity index (χ0n) is 19.6. The highest BCUT2D eigenvalue weighted by molar-refractivity contribution is 7.81. The lowest BCUT2D eigenvalue weighted by molar-refractivity contribution is -0.137. The molecule has 1 N–H and O–H groups in total. The molecule has 1 aliphatic heterocycles. The molecule has 0 unspecified atom stereocenters. The molecule has 3 aromatic rings. The zero-order chi connectivity index (χ0) is 27.0. The minimum atomic E-state index is -4.78. The maximum atomic E-state index is 13.5. The summed E-state index contributed by atoms with van der Waals surface area (Å²) < 4.78 is 40.5. The minimum Gasteiger partial charge on any atom is -0.345 e. The summed E-state index contributed by atoms with van der Waals surface area (Å²) in [4.78, 5) is 35.8. The molecule has 0 aliphatic carbocycles. The fraction of sp³-hybridized carbons (Fsp3) is 0.200. The molecule has 4 rings (SSSR count). The Kier molecular flexibility index (Phi) is 6.66. The number of rotatable bonds is 5. The van der Waals surface area contributed by atoms with E-state index in [2.05, 4.69) is 15.3 Å². The highest BCUT2D eigenvalue weighted by Gasteiger charge is 2.50. The quantitative estimate of drug-likeness (QED) is 0.499. The maximum Gasteiger partial charge on any atom is 0.417 e. The number of amides is 2. The molecule has 0 spiro atoms. The molecule has 0 saturated carbocycles. The maximum absolute atomic E-state index is 13.5. The van der Waals surface area contributed by atoms with Crippen molar-refractivity contribution >= 4 is 40.5 Å². The van der Waals surface area contributed by atoms with E-state index < -0.39 is 34.7 Å². The van der Waals surface area contributed by atoms with Crippen LogP contribution < -0.4 is 15.1 Å². The third-order valence-electron chi connectivity index (χ3n) is 5.77. The molecule has 8 nitrogen and oxygen atoms in total. The number of aromatic nitrogens is 2. The van der Waals surface area contributed by atoms with E-state index in [-0.39, 0.29) is 23.2 Å². The number of nitrogens with zero attached hydrogens (tertiary/aromatic N) is 5. The number of thiocarbonyl (C=S) groups is 1. The lowest BCUT2D eigenvalue weighted by Gasteiger charge is -2.29. The van der Waals surface area contributed by atoms with Crippen molar-refractivity contribution in [3.05, 3.63) is 83.4 Å². The van der Waals surface area contributed by atoms with Crippen LogP contribution in [0.25, 0.3) is 0 Å². The number of carbonyl (C=O) groups excluding carboxylic acids is 2. The van der Waals surface area contributed by atoms with Crippen molar-refractivity contribution in [3.8, 4) is 6.07 Å². The number of hydrogen-bond donors (Lipinski definition) is 1. The predicted octanol–water partition coefficient (Wildman–Crippen LogP) is 4.21. The summed E-state index contributed by atoms with van der Waals surface area (Å²) in [5.74, 6) is -0.915. The zero-order valence-corrected chi connectivity index (χ0v) is 20.4. The first-order valence-corrected chi connectivity index (χ1v) is 11.3. The molecule has 12 heteroatoms. The van der Waals surface area contributed by atoms with Crippen molar-refractivity contribution in [2.24, 2.45) is 0 Å². The van der Waals surface area contributed by atoms with Gasteiger partial charge in [-0.15, -0.1) is 0 Å². The van der Waals surface area contributed by atoms with Crippen LogP contribution in [0.1, 0.15) is 41.2 Å². The molecule has 0 bridgehead atoms. The molecule has 2 heterocycles. The highest BCUT2D eigenvalue weighted by atomic mass is 32.1. The van der Waals surface area contributed by atoms with Crippen molar-refractivity contribution < 1.29 is 22.8 Å². The normalized spacial score (nSPS) is 15.0. The summed E-state index contributed by atoms with van der Waals surface area (Å²) in [5.41, 5.74) is -1.69. The first-order chi connectivity index (χ1) is 17.4. The van der Waals surface area contributed by atoms with E-state index in [0.29, 0.717) is 5.69 Å². The van der Waals surface area contributed by atoms with Gasteiger partial charge in [0, 0.05) is 24.6 Å². The Hall–Kier alpha value is -4.37. The van der Waals surface area contributed by atoms with Gasteiger partial charge >= 0.3 is 6.18 Å². The predicted molar refractivity (Wildman–Crippen MR) is 132 cm³/mol. The van der Waals surface area contributed by atoms with Crippen molar-refractivity contribution in [2.45, 2.75) is 32.1 Å². The Labute approximate surface area is 215 Å². The van der Waals surface area contributed by atoms with Gasteiger partial charge in [-0.05, 0) is 68.0 Å². The average Bonchev–Trinajstić information content (AvgIpc) is 3.05. The van der Waals surface area contributed by atoms with Gasteiger partial charge in [-0.2, -0.15) is 18.4 Å². The van der Waals surface area contributed by atoms with Crippen LogP contribution in [0.4, 0.5) is 24.5 Å². The number of nitrogens with one attached hydrogen (secondary N) is 1. The highest BCUT2D eigenvalue weighted by Crippen LogP contribution is 2.39. The Bertz CT molecular complexity index is 1420.